The lowest BCUT2D eigenvalue weighted by molar-refractivity contribution is -0.148. The van der Waals surface area contributed by atoms with E-state index in [2.05, 4.69) is 0 Å². The topological polar surface area (TPSA) is 140 Å². The fourth-order valence-corrected chi connectivity index (χ4v) is 3.89. The summed E-state index contributed by atoms with van der Waals surface area (Å²) in [5, 5.41) is 0. The third kappa shape index (κ3) is 12.9. The number of rotatable bonds is 17. The molecule has 10 heteroatoms. The van der Waals surface area contributed by atoms with Gasteiger partial charge in [-0.25, -0.2) is 4.79 Å². The second kappa shape index (κ2) is 17.6. The summed E-state index contributed by atoms with van der Waals surface area (Å²) in [6, 6.07) is 4.67. The van der Waals surface area contributed by atoms with Crippen molar-refractivity contribution >= 4 is 24.1 Å². The number of nitrogens with two attached hydrogens (primary N) is 1. The first-order valence-electron chi connectivity index (χ1n) is 14.5. The van der Waals surface area contributed by atoms with Crippen LogP contribution in [0.15, 0.2) is 18.2 Å². The Labute approximate surface area is 244 Å². The molecule has 0 spiro atoms. The number of carbonyl (C=O) groups excluding carboxylic acids is 4. The van der Waals surface area contributed by atoms with Gasteiger partial charge in [0.15, 0.2) is 11.5 Å². The van der Waals surface area contributed by atoms with Crippen LogP contribution in [0.4, 0.5) is 4.79 Å². The maximum atomic E-state index is 12.8. The molecule has 0 saturated carbocycles. The Bertz CT molecular complexity index is 1010. The Morgan fingerprint density at radius 2 is 1.37 bits per heavy atom. The fraction of sp³-hybridized carbons (Fsp3) is 0.677. The largest absolute Gasteiger partial charge is 0.508 e. The summed E-state index contributed by atoms with van der Waals surface area (Å²) in [5.41, 5.74) is 5.47. The summed E-state index contributed by atoms with van der Waals surface area (Å²) < 4.78 is 26.6. The number of hydrogen-bond acceptors (Lipinski definition) is 10. The van der Waals surface area contributed by atoms with Crippen LogP contribution in [0.2, 0.25) is 0 Å². The molecule has 1 rings (SSSR count). The molecule has 0 aliphatic rings. The molecule has 0 heterocycles. The van der Waals surface area contributed by atoms with E-state index in [1.165, 1.54) is 19.2 Å². The first kappa shape index (κ1) is 35.9. The zero-order valence-corrected chi connectivity index (χ0v) is 25.9. The fourth-order valence-electron chi connectivity index (χ4n) is 3.89. The smallest absolute Gasteiger partial charge is 0.468 e. The van der Waals surface area contributed by atoms with Crippen LogP contribution in [0.3, 0.4) is 0 Å². The number of esters is 3. The van der Waals surface area contributed by atoms with Crippen LogP contribution in [-0.4, -0.2) is 49.4 Å². The van der Waals surface area contributed by atoms with Crippen LogP contribution < -0.4 is 15.2 Å². The van der Waals surface area contributed by atoms with E-state index >= 15 is 0 Å². The molecular formula is C31H49NO9. The van der Waals surface area contributed by atoms with Gasteiger partial charge >= 0.3 is 24.1 Å². The molecule has 2 N–H and O–H groups in total. The number of ether oxygens (including phenoxy) is 5. The monoisotopic (exact) mass is 579 g/mol. The molecule has 0 bridgehead atoms. The Morgan fingerprint density at radius 3 is 1.88 bits per heavy atom. The van der Waals surface area contributed by atoms with Crippen LogP contribution in [0.5, 0.6) is 11.5 Å². The van der Waals surface area contributed by atoms with Gasteiger partial charge in [0.25, 0.3) is 0 Å². The van der Waals surface area contributed by atoms with Crippen LogP contribution in [0.1, 0.15) is 92.6 Å². The maximum Gasteiger partial charge on any atom is 0.508 e. The highest BCUT2D eigenvalue weighted by Crippen LogP contribution is 2.32. The molecular weight excluding hydrogens is 530 g/mol. The van der Waals surface area contributed by atoms with Gasteiger partial charge in [-0.2, -0.15) is 0 Å². The zero-order valence-electron chi connectivity index (χ0n) is 25.9. The van der Waals surface area contributed by atoms with Crippen molar-refractivity contribution < 1.29 is 42.9 Å². The maximum absolute atomic E-state index is 12.8. The molecule has 0 amide bonds. The Hall–Kier alpha value is -3.14. The average Bonchev–Trinajstić information content (AvgIpc) is 2.91. The number of benzene rings is 1. The lowest BCUT2D eigenvalue weighted by Gasteiger charge is -2.29. The molecule has 232 valence electrons. The Balaban J connectivity index is 3.20. The van der Waals surface area contributed by atoms with Crippen LogP contribution in [-0.2, 0) is 35.0 Å². The van der Waals surface area contributed by atoms with E-state index in [4.69, 9.17) is 29.4 Å². The summed E-state index contributed by atoms with van der Waals surface area (Å²) in [7, 11) is 1.22. The van der Waals surface area contributed by atoms with E-state index in [-0.39, 0.29) is 61.5 Å². The predicted octanol–water partition coefficient (Wildman–Crippen LogP) is 5.76. The summed E-state index contributed by atoms with van der Waals surface area (Å²) >= 11 is 0. The molecule has 0 aliphatic heterocycles. The lowest BCUT2D eigenvalue weighted by Crippen LogP contribution is -2.53. The van der Waals surface area contributed by atoms with Crippen LogP contribution in [0.25, 0.3) is 0 Å². The average molecular weight is 580 g/mol. The van der Waals surface area contributed by atoms with Gasteiger partial charge in [0.1, 0.15) is 11.6 Å². The SMILES string of the molecule is CCC(C)COC(=O)O[C@@H](C)CC(N)(Cc1ccc(OC(=O)CC(C)CC)c(OC(=O)CC(C)CC)c1)C(=O)OC. The third-order valence-corrected chi connectivity index (χ3v) is 7.12. The second-order valence-corrected chi connectivity index (χ2v) is 11.2. The number of methoxy groups -OCH3 is 1. The molecule has 10 nitrogen and oxygen atoms in total. The van der Waals surface area contributed by atoms with Gasteiger partial charge < -0.3 is 29.4 Å². The van der Waals surface area contributed by atoms with E-state index in [1.54, 1.807) is 13.0 Å². The van der Waals surface area contributed by atoms with Gasteiger partial charge in [0, 0.05) is 25.7 Å². The highest BCUT2D eigenvalue weighted by atomic mass is 16.7. The molecule has 0 radical (unpaired) electrons. The summed E-state index contributed by atoms with van der Waals surface area (Å²) in [5.74, 6) is -1.04. The van der Waals surface area contributed by atoms with Crippen molar-refractivity contribution in [2.24, 2.45) is 23.5 Å². The molecule has 4 unspecified atom stereocenters. The van der Waals surface area contributed by atoms with Crippen LogP contribution in [0, 0.1) is 17.8 Å². The minimum absolute atomic E-state index is 0.0354. The third-order valence-electron chi connectivity index (χ3n) is 7.12. The van der Waals surface area contributed by atoms with Crippen molar-refractivity contribution in [2.75, 3.05) is 13.7 Å². The summed E-state index contributed by atoms with van der Waals surface area (Å²) in [6.45, 7) is 13.6. The van der Waals surface area contributed by atoms with Gasteiger partial charge in [0.2, 0.25) is 0 Å². The lowest BCUT2D eigenvalue weighted by atomic mass is 9.86. The first-order valence-corrected chi connectivity index (χ1v) is 14.5. The van der Waals surface area contributed by atoms with Crippen molar-refractivity contribution in [1.82, 2.24) is 0 Å². The van der Waals surface area contributed by atoms with Crippen LogP contribution >= 0.6 is 0 Å². The molecule has 0 fully saturated rings. The van der Waals surface area contributed by atoms with E-state index in [1.807, 2.05) is 41.5 Å². The van der Waals surface area contributed by atoms with Crippen molar-refractivity contribution in [1.29, 1.82) is 0 Å². The first-order chi connectivity index (χ1) is 19.3. The highest BCUT2D eigenvalue weighted by molar-refractivity contribution is 5.81. The van der Waals surface area contributed by atoms with Crippen molar-refractivity contribution in [3.05, 3.63) is 23.8 Å². The normalized spacial score (nSPS) is 15.4. The van der Waals surface area contributed by atoms with Gasteiger partial charge in [-0.1, -0.05) is 66.9 Å². The zero-order chi connectivity index (χ0) is 31.2. The van der Waals surface area contributed by atoms with Crippen molar-refractivity contribution in [3.8, 4) is 11.5 Å². The number of hydrogen-bond donors (Lipinski definition) is 1. The summed E-state index contributed by atoms with van der Waals surface area (Å²) in [4.78, 5) is 50.1. The molecule has 0 saturated heterocycles. The Kier molecular flexibility index (Phi) is 15.4. The van der Waals surface area contributed by atoms with E-state index in [0.29, 0.717) is 5.56 Å². The van der Waals surface area contributed by atoms with Crippen molar-refractivity contribution in [2.45, 2.75) is 105 Å². The number of carbonyl (C=O) groups is 4. The molecule has 41 heavy (non-hydrogen) atoms. The molecule has 0 aromatic heterocycles. The van der Waals surface area contributed by atoms with Crippen molar-refractivity contribution in [3.63, 3.8) is 0 Å². The predicted molar refractivity (Wildman–Crippen MR) is 154 cm³/mol. The summed E-state index contributed by atoms with van der Waals surface area (Å²) in [6.07, 6.45) is 1.15. The van der Waals surface area contributed by atoms with Gasteiger partial charge in [-0.15, -0.1) is 0 Å². The molecule has 1 aromatic rings. The van der Waals surface area contributed by atoms with E-state index in [0.717, 1.165) is 19.3 Å². The van der Waals surface area contributed by atoms with Gasteiger partial charge in [0.05, 0.1) is 13.7 Å². The standard InChI is InChI=1S/C31H49NO9/c1-9-20(4)14-27(33)40-25-13-12-24(16-26(25)41-28(34)15-21(5)10-2)18-31(32,29(35)37-8)17-23(7)39-30(36)38-19-22(6)11-3/h12-13,16,20-23H,9-11,14-15,17-19,32H2,1-8H3/t20?,21?,22?,23-,31?/m0/s1. The highest BCUT2D eigenvalue weighted by Gasteiger charge is 2.38. The minimum atomic E-state index is -1.59. The van der Waals surface area contributed by atoms with Gasteiger partial charge in [-0.3, -0.25) is 14.4 Å². The molecule has 0 aliphatic carbocycles. The molecule has 5 atom stereocenters. The quantitative estimate of drug-likeness (QED) is 0.179. The Morgan fingerprint density at radius 1 is 0.829 bits per heavy atom. The van der Waals surface area contributed by atoms with E-state index in [9.17, 15) is 19.2 Å². The van der Waals surface area contributed by atoms with E-state index < -0.39 is 35.7 Å². The minimum Gasteiger partial charge on any atom is -0.468 e. The second-order valence-electron chi connectivity index (χ2n) is 11.2. The molecule has 1 aromatic carbocycles. The van der Waals surface area contributed by atoms with Gasteiger partial charge in [-0.05, 0) is 42.4 Å².